The van der Waals surface area contributed by atoms with Crippen LogP contribution in [0.3, 0.4) is 0 Å². The Morgan fingerprint density at radius 1 is 1.16 bits per heavy atom. The average molecular weight is 334 g/mol. The van der Waals surface area contributed by atoms with Gasteiger partial charge in [-0.05, 0) is 48.6 Å². The molecule has 0 saturated carbocycles. The fourth-order valence-electron chi connectivity index (χ4n) is 3.77. The Morgan fingerprint density at radius 2 is 2.08 bits per heavy atom. The standard InChI is InChI=1S/C20H22N4O/c25-20(19-7-9-22-23-19)24-10-3-4-15(8-11-24)12-17-14-21-13-16-5-1-2-6-18(16)17/h1-2,5-7,9,13-15H,3-4,8,10-12H2,(H,22,23)/t15-/m0/s1. The van der Waals surface area contributed by atoms with Gasteiger partial charge in [-0.2, -0.15) is 5.10 Å². The Morgan fingerprint density at radius 3 is 2.96 bits per heavy atom. The summed E-state index contributed by atoms with van der Waals surface area (Å²) >= 11 is 0. The number of pyridine rings is 1. The summed E-state index contributed by atoms with van der Waals surface area (Å²) in [6.07, 6.45) is 9.81. The van der Waals surface area contributed by atoms with Crippen LogP contribution in [0, 0.1) is 5.92 Å². The molecule has 1 fully saturated rings. The number of aromatic amines is 1. The number of nitrogens with one attached hydrogen (secondary N) is 1. The summed E-state index contributed by atoms with van der Waals surface area (Å²) in [6.45, 7) is 1.63. The number of benzene rings is 1. The number of hydrogen-bond donors (Lipinski definition) is 1. The van der Waals surface area contributed by atoms with Crippen molar-refractivity contribution < 1.29 is 4.79 Å². The molecule has 5 heteroatoms. The Balaban J connectivity index is 1.45. The van der Waals surface area contributed by atoms with Gasteiger partial charge in [0.1, 0.15) is 5.69 Å². The second kappa shape index (κ2) is 7.05. The van der Waals surface area contributed by atoms with E-state index < -0.39 is 0 Å². The van der Waals surface area contributed by atoms with Gasteiger partial charge in [-0.3, -0.25) is 14.9 Å². The molecule has 1 saturated heterocycles. The van der Waals surface area contributed by atoms with Crippen LogP contribution in [0.4, 0.5) is 0 Å². The van der Waals surface area contributed by atoms with Gasteiger partial charge >= 0.3 is 0 Å². The Labute approximate surface area is 147 Å². The van der Waals surface area contributed by atoms with Crippen molar-refractivity contribution in [2.45, 2.75) is 25.7 Å². The molecule has 5 nitrogen and oxygen atoms in total. The van der Waals surface area contributed by atoms with Crippen LogP contribution in [0.15, 0.2) is 48.9 Å². The predicted octanol–water partition coefficient (Wildman–Crippen LogP) is 3.44. The van der Waals surface area contributed by atoms with E-state index >= 15 is 0 Å². The molecule has 0 aliphatic carbocycles. The molecular formula is C20H22N4O. The lowest BCUT2D eigenvalue weighted by Crippen LogP contribution is -2.32. The summed E-state index contributed by atoms with van der Waals surface area (Å²) in [5.41, 5.74) is 1.90. The first-order chi connectivity index (χ1) is 12.3. The minimum atomic E-state index is 0.0602. The number of hydrogen-bond acceptors (Lipinski definition) is 3. The van der Waals surface area contributed by atoms with E-state index in [2.05, 4.69) is 39.4 Å². The van der Waals surface area contributed by atoms with E-state index in [4.69, 9.17) is 0 Å². The molecule has 1 aliphatic heterocycles. The summed E-state index contributed by atoms with van der Waals surface area (Å²) in [6, 6.07) is 10.2. The molecule has 1 amide bonds. The second-order valence-corrected chi connectivity index (χ2v) is 6.78. The lowest BCUT2D eigenvalue weighted by atomic mass is 9.91. The zero-order chi connectivity index (χ0) is 17.1. The van der Waals surface area contributed by atoms with Crippen molar-refractivity contribution in [3.8, 4) is 0 Å². The summed E-state index contributed by atoms with van der Waals surface area (Å²) in [7, 11) is 0. The number of amides is 1. The SMILES string of the molecule is O=C(c1ccn[nH]1)N1CCC[C@H](Cc2cncc3ccccc23)CC1. The lowest BCUT2D eigenvalue weighted by Gasteiger charge is -2.20. The zero-order valence-corrected chi connectivity index (χ0v) is 14.2. The van der Waals surface area contributed by atoms with Crippen molar-refractivity contribution in [3.05, 3.63) is 60.2 Å². The summed E-state index contributed by atoms with van der Waals surface area (Å²) in [5.74, 6) is 0.650. The molecular weight excluding hydrogens is 312 g/mol. The van der Waals surface area contributed by atoms with Crippen LogP contribution in [0.5, 0.6) is 0 Å². The number of rotatable bonds is 3. The molecule has 1 aromatic carbocycles. The zero-order valence-electron chi connectivity index (χ0n) is 14.2. The molecule has 3 heterocycles. The van der Waals surface area contributed by atoms with Gasteiger partial charge in [0.05, 0.1) is 0 Å². The van der Waals surface area contributed by atoms with E-state index in [1.54, 1.807) is 12.3 Å². The molecule has 128 valence electrons. The average Bonchev–Trinajstić information content (AvgIpc) is 3.09. The van der Waals surface area contributed by atoms with Crippen molar-refractivity contribution in [2.75, 3.05) is 13.1 Å². The first-order valence-electron chi connectivity index (χ1n) is 8.91. The molecule has 0 unspecified atom stereocenters. The van der Waals surface area contributed by atoms with E-state index in [0.29, 0.717) is 11.6 Å². The third-order valence-corrected chi connectivity index (χ3v) is 5.13. The first kappa shape index (κ1) is 15.8. The predicted molar refractivity (Wildman–Crippen MR) is 97.3 cm³/mol. The molecule has 1 N–H and O–H groups in total. The molecule has 2 aromatic heterocycles. The van der Waals surface area contributed by atoms with Crippen LogP contribution in [0.25, 0.3) is 10.8 Å². The van der Waals surface area contributed by atoms with E-state index in [-0.39, 0.29) is 5.91 Å². The van der Waals surface area contributed by atoms with Gasteiger partial charge in [-0.25, -0.2) is 0 Å². The van der Waals surface area contributed by atoms with Gasteiger partial charge in [-0.1, -0.05) is 24.3 Å². The third kappa shape index (κ3) is 3.40. The van der Waals surface area contributed by atoms with Crippen LogP contribution in [-0.4, -0.2) is 39.1 Å². The highest BCUT2D eigenvalue weighted by Gasteiger charge is 2.22. The maximum absolute atomic E-state index is 12.5. The molecule has 0 radical (unpaired) electrons. The Bertz CT molecular complexity index is 854. The van der Waals surface area contributed by atoms with Crippen LogP contribution in [-0.2, 0) is 6.42 Å². The highest BCUT2D eigenvalue weighted by Crippen LogP contribution is 2.26. The normalized spacial score (nSPS) is 18.2. The lowest BCUT2D eigenvalue weighted by molar-refractivity contribution is 0.0754. The Hall–Kier alpha value is -2.69. The van der Waals surface area contributed by atoms with Gasteiger partial charge in [0.2, 0.25) is 0 Å². The molecule has 3 aromatic rings. The number of carbonyl (C=O) groups is 1. The molecule has 25 heavy (non-hydrogen) atoms. The van der Waals surface area contributed by atoms with Crippen LogP contribution in [0.1, 0.15) is 35.3 Å². The number of nitrogens with zero attached hydrogens (tertiary/aromatic N) is 3. The second-order valence-electron chi connectivity index (χ2n) is 6.78. The molecule has 1 atom stereocenters. The minimum absolute atomic E-state index is 0.0602. The van der Waals surface area contributed by atoms with Crippen molar-refractivity contribution in [3.63, 3.8) is 0 Å². The largest absolute Gasteiger partial charge is 0.337 e. The first-order valence-corrected chi connectivity index (χ1v) is 8.91. The molecule has 0 bridgehead atoms. The third-order valence-electron chi connectivity index (χ3n) is 5.13. The van der Waals surface area contributed by atoms with Crippen LogP contribution >= 0.6 is 0 Å². The smallest absolute Gasteiger partial charge is 0.271 e. The van der Waals surface area contributed by atoms with Crippen molar-refractivity contribution >= 4 is 16.7 Å². The van der Waals surface area contributed by atoms with Crippen LogP contribution in [0.2, 0.25) is 0 Å². The molecule has 1 aliphatic rings. The maximum atomic E-state index is 12.5. The molecule has 4 rings (SSSR count). The number of aromatic nitrogens is 3. The number of carbonyl (C=O) groups excluding carboxylic acids is 1. The number of likely N-dealkylation sites (tertiary alicyclic amines) is 1. The monoisotopic (exact) mass is 334 g/mol. The van der Waals surface area contributed by atoms with Crippen molar-refractivity contribution in [1.82, 2.24) is 20.1 Å². The highest BCUT2D eigenvalue weighted by molar-refractivity contribution is 5.92. The fourth-order valence-corrected chi connectivity index (χ4v) is 3.77. The molecule has 0 spiro atoms. The fraction of sp³-hybridized carbons (Fsp3) is 0.350. The van der Waals surface area contributed by atoms with E-state index in [1.807, 2.05) is 17.3 Å². The van der Waals surface area contributed by atoms with Gasteiger partial charge in [0, 0.05) is 37.1 Å². The summed E-state index contributed by atoms with van der Waals surface area (Å²) < 4.78 is 0. The van der Waals surface area contributed by atoms with Crippen molar-refractivity contribution in [2.24, 2.45) is 5.92 Å². The summed E-state index contributed by atoms with van der Waals surface area (Å²) in [5, 5.41) is 9.16. The topological polar surface area (TPSA) is 61.9 Å². The quantitative estimate of drug-likeness (QED) is 0.798. The minimum Gasteiger partial charge on any atom is -0.337 e. The van der Waals surface area contributed by atoms with Gasteiger partial charge in [-0.15, -0.1) is 0 Å². The van der Waals surface area contributed by atoms with E-state index in [1.165, 1.54) is 16.3 Å². The summed E-state index contributed by atoms with van der Waals surface area (Å²) in [4.78, 5) is 18.9. The van der Waals surface area contributed by atoms with Crippen molar-refractivity contribution in [1.29, 1.82) is 0 Å². The van der Waals surface area contributed by atoms with Gasteiger partial charge in [0.25, 0.3) is 5.91 Å². The van der Waals surface area contributed by atoms with E-state index in [0.717, 1.165) is 38.8 Å². The number of fused-ring (bicyclic) bond motifs is 1. The van der Waals surface area contributed by atoms with Crippen LogP contribution < -0.4 is 0 Å². The highest BCUT2D eigenvalue weighted by atomic mass is 16.2. The maximum Gasteiger partial charge on any atom is 0.271 e. The number of H-pyrrole nitrogens is 1. The van der Waals surface area contributed by atoms with Gasteiger partial charge in [0.15, 0.2) is 0 Å². The Kier molecular flexibility index (Phi) is 4.46. The van der Waals surface area contributed by atoms with Gasteiger partial charge < -0.3 is 4.90 Å². The van der Waals surface area contributed by atoms with E-state index in [9.17, 15) is 4.79 Å².